The molecule has 4 heteroatoms. The number of benzene rings is 1. The molecule has 1 unspecified atom stereocenters. The van der Waals surface area contributed by atoms with Crippen LogP contribution in [0.2, 0.25) is 0 Å². The van der Waals surface area contributed by atoms with Gasteiger partial charge in [0.2, 0.25) is 0 Å². The predicted molar refractivity (Wildman–Crippen MR) is 79.5 cm³/mol. The molecule has 1 aliphatic heterocycles. The molecular weight excluding hydrogens is 252 g/mol. The molecular formula is C16H24N2O2. The zero-order chi connectivity index (χ0) is 14.4. The maximum Gasteiger partial charge on any atom is 0.253 e. The fourth-order valence-corrected chi connectivity index (χ4v) is 2.88. The van der Waals surface area contributed by atoms with Gasteiger partial charge >= 0.3 is 0 Å². The van der Waals surface area contributed by atoms with Gasteiger partial charge in [0.15, 0.2) is 0 Å². The molecule has 0 aliphatic carbocycles. The Morgan fingerprint density at radius 3 is 3.05 bits per heavy atom. The largest absolute Gasteiger partial charge is 0.396 e. The number of likely N-dealkylation sites (tertiary alicyclic amines) is 1. The third kappa shape index (κ3) is 3.81. The first-order chi connectivity index (χ1) is 9.74. The number of nitrogens with two attached hydrogens (primary N) is 1. The van der Waals surface area contributed by atoms with Crippen LogP contribution in [0.3, 0.4) is 0 Å². The Hall–Kier alpha value is -1.39. The van der Waals surface area contributed by atoms with Crippen molar-refractivity contribution in [2.24, 2.45) is 11.7 Å². The molecule has 0 bridgehead atoms. The fourth-order valence-electron chi connectivity index (χ4n) is 2.88. The van der Waals surface area contributed by atoms with Gasteiger partial charge in [-0.05, 0) is 55.8 Å². The summed E-state index contributed by atoms with van der Waals surface area (Å²) >= 11 is 0. The van der Waals surface area contributed by atoms with Crippen LogP contribution in [0, 0.1) is 5.92 Å². The van der Waals surface area contributed by atoms with Crippen molar-refractivity contribution >= 4 is 5.91 Å². The van der Waals surface area contributed by atoms with Gasteiger partial charge in [-0.3, -0.25) is 4.79 Å². The molecule has 1 aromatic rings. The number of carbonyl (C=O) groups excluding carboxylic acids is 1. The number of rotatable bonds is 5. The van der Waals surface area contributed by atoms with Gasteiger partial charge in [-0.1, -0.05) is 12.1 Å². The summed E-state index contributed by atoms with van der Waals surface area (Å²) < 4.78 is 0. The van der Waals surface area contributed by atoms with Crippen LogP contribution in [0.25, 0.3) is 0 Å². The third-order valence-electron chi connectivity index (χ3n) is 3.95. The summed E-state index contributed by atoms with van der Waals surface area (Å²) in [6.45, 7) is 2.39. The zero-order valence-corrected chi connectivity index (χ0v) is 11.9. The highest BCUT2D eigenvalue weighted by molar-refractivity contribution is 5.94. The van der Waals surface area contributed by atoms with Crippen LogP contribution in [0.1, 0.15) is 35.2 Å². The van der Waals surface area contributed by atoms with Crippen LogP contribution in [0.4, 0.5) is 0 Å². The number of aliphatic hydroxyl groups is 1. The average molecular weight is 276 g/mol. The number of piperidine rings is 1. The normalized spacial score (nSPS) is 19.1. The van der Waals surface area contributed by atoms with Crippen molar-refractivity contribution in [1.82, 2.24) is 4.90 Å². The van der Waals surface area contributed by atoms with E-state index in [1.54, 1.807) is 0 Å². The standard InChI is InChI=1S/C16H24N2O2/c17-8-6-13-3-1-5-15(11-13)16(20)18-9-2-4-14(12-18)7-10-19/h1,3,5,11,14,19H,2,4,6-10,12,17H2. The van der Waals surface area contributed by atoms with Crippen LogP contribution in [-0.4, -0.2) is 42.2 Å². The summed E-state index contributed by atoms with van der Waals surface area (Å²) in [6.07, 6.45) is 3.72. The summed E-state index contributed by atoms with van der Waals surface area (Å²) in [5.41, 5.74) is 7.43. The topological polar surface area (TPSA) is 66.6 Å². The van der Waals surface area contributed by atoms with E-state index in [4.69, 9.17) is 10.8 Å². The van der Waals surface area contributed by atoms with E-state index in [0.29, 0.717) is 12.5 Å². The summed E-state index contributed by atoms with van der Waals surface area (Å²) in [4.78, 5) is 14.5. The van der Waals surface area contributed by atoms with E-state index in [2.05, 4.69) is 0 Å². The first kappa shape index (κ1) is 15.0. The smallest absolute Gasteiger partial charge is 0.253 e. The molecule has 3 N–H and O–H groups in total. The molecule has 1 saturated heterocycles. The van der Waals surface area contributed by atoms with Crippen LogP contribution >= 0.6 is 0 Å². The zero-order valence-electron chi connectivity index (χ0n) is 11.9. The summed E-state index contributed by atoms with van der Waals surface area (Å²) in [5, 5.41) is 9.04. The predicted octanol–water partition coefficient (Wildman–Crippen LogP) is 1.42. The molecule has 0 radical (unpaired) electrons. The number of aliphatic hydroxyl groups excluding tert-OH is 1. The second kappa shape index (κ2) is 7.41. The molecule has 1 aliphatic rings. The third-order valence-corrected chi connectivity index (χ3v) is 3.95. The SMILES string of the molecule is NCCc1cccc(C(=O)N2CCCC(CCO)C2)c1. The first-order valence-corrected chi connectivity index (χ1v) is 7.43. The van der Waals surface area contributed by atoms with Crippen LogP contribution in [0.5, 0.6) is 0 Å². The van der Waals surface area contributed by atoms with Gasteiger partial charge < -0.3 is 15.7 Å². The number of amides is 1. The molecule has 0 saturated carbocycles. The molecule has 4 nitrogen and oxygen atoms in total. The Kier molecular flexibility index (Phi) is 5.56. The number of carbonyl (C=O) groups is 1. The fraction of sp³-hybridized carbons (Fsp3) is 0.562. The Labute approximate surface area is 120 Å². The molecule has 0 aromatic heterocycles. The molecule has 20 heavy (non-hydrogen) atoms. The summed E-state index contributed by atoms with van der Waals surface area (Å²) in [7, 11) is 0. The van der Waals surface area contributed by atoms with Crippen molar-refractivity contribution in [3.05, 3.63) is 35.4 Å². The minimum atomic E-state index is 0.103. The number of hydrogen-bond acceptors (Lipinski definition) is 3. The highest BCUT2D eigenvalue weighted by Gasteiger charge is 2.24. The van der Waals surface area contributed by atoms with Gasteiger partial charge in [-0.15, -0.1) is 0 Å². The number of nitrogens with zero attached hydrogens (tertiary/aromatic N) is 1. The average Bonchev–Trinajstić information content (AvgIpc) is 2.48. The molecule has 0 spiro atoms. The van der Waals surface area contributed by atoms with Crippen molar-refractivity contribution < 1.29 is 9.90 Å². The Morgan fingerprint density at radius 2 is 2.30 bits per heavy atom. The lowest BCUT2D eigenvalue weighted by Crippen LogP contribution is -2.40. The van der Waals surface area contributed by atoms with Crippen molar-refractivity contribution in [1.29, 1.82) is 0 Å². The molecule has 1 heterocycles. The highest BCUT2D eigenvalue weighted by Crippen LogP contribution is 2.21. The van der Waals surface area contributed by atoms with Gasteiger partial charge in [0.25, 0.3) is 5.91 Å². The van der Waals surface area contributed by atoms with E-state index in [0.717, 1.165) is 49.9 Å². The van der Waals surface area contributed by atoms with E-state index < -0.39 is 0 Å². The maximum atomic E-state index is 12.5. The first-order valence-electron chi connectivity index (χ1n) is 7.43. The van der Waals surface area contributed by atoms with Gasteiger partial charge in [0.1, 0.15) is 0 Å². The summed E-state index contributed by atoms with van der Waals surface area (Å²) in [5.74, 6) is 0.538. The molecule has 1 amide bonds. The quantitative estimate of drug-likeness (QED) is 0.855. The monoisotopic (exact) mass is 276 g/mol. The lowest BCUT2D eigenvalue weighted by atomic mass is 9.94. The van der Waals surface area contributed by atoms with E-state index in [1.165, 1.54) is 0 Å². The second-order valence-electron chi connectivity index (χ2n) is 5.51. The van der Waals surface area contributed by atoms with Gasteiger partial charge in [-0.2, -0.15) is 0 Å². The van der Waals surface area contributed by atoms with Crippen molar-refractivity contribution in [3.8, 4) is 0 Å². The van der Waals surface area contributed by atoms with E-state index in [-0.39, 0.29) is 12.5 Å². The van der Waals surface area contributed by atoms with Crippen molar-refractivity contribution in [3.63, 3.8) is 0 Å². The summed E-state index contributed by atoms with van der Waals surface area (Å²) in [6, 6.07) is 7.75. The minimum absolute atomic E-state index is 0.103. The van der Waals surface area contributed by atoms with Crippen LogP contribution in [0.15, 0.2) is 24.3 Å². The van der Waals surface area contributed by atoms with E-state index >= 15 is 0 Å². The van der Waals surface area contributed by atoms with Crippen molar-refractivity contribution in [2.75, 3.05) is 26.2 Å². The van der Waals surface area contributed by atoms with Crippen molar-refractivity contribution in [2.45, 2.75) is 25.7 Å². The molecule has 1 aromatic carbocycles. The minimum Gasteiger partial charge on any atom is -0.396 e. The highest BCUT2D eigenvalue weighted by atomic mass is 16.3. The van der Waals surface area contributed by atoms with Crippen LogP contribution in [-0.2, 0) is 6.42 Å². The maximum absolute atomic E-state index is 12.5. The number of hydrogen-bond donors (Lipinski definition) is 2. The Morgan fingerprint density at radius 1 is 1.45 bits per heavy atom. The second-order valence-corrected chi connectivity index (χ2v) is 5.51. The molecule has 2 rings (SSSR count). The Balaban J connectivity index is 2.04. The van der Waals surface area contributed by atoms with E-state index in [9.17, 15) is 4.79 Å². The van der Waals surface area contributed by atoms with Crippen LogP contribution < -0.4 is 5.73 Å². The molecule has 110 valence electrons. The van der Waals surface area contributed by atoms with Gasteiger partial charge in [0, 0.05) is 25.3 Å². The molecule has 1 fully saturated rings. The van der Waals surface area contributed by atoms with E-state index in [1.807, 2.05) is 29.2 Å². The lowest BCUT2D eigenvalue weighted by molar-refractivity contribution is 0.0653. The van der Waals surface area contributed by atoms with Gasteiger partial charge in [-0.25, -0.2) is 0 Å². The van der Waals surface area contributed by atoms with Gasteiger partial charge in [0.05, 0.1) is 0 Å². The lowest BCUT2D eigenvalue weighted by Gasteiger charge is -2.32. The molecule has 1 atom stereocenters. The Bertz CT molecular complexity index is 446.